The first-order valence-corrected chi connectivity index (χ1v) is 14.1. The molecule has 41 heavy (non-hydrogen) atoms. The summed E-state index contributed by atoms with van der Waals surface area (Å²) < 4.78 is 36.0. The number of imidazole rings is 1. The maximum Gasteiger partial charge on any atom is 0.469 e. The third-order valence-electron chi connectivity index (χ3n) is 6.42. The lowest BCUT2D eigenvalue weighted by atomic mass is 10.1. The zero-order valence-corrected chi connectivity index (χ0v) is 22.2. The van der Waals surface area contributed by atoms with Crippen LogP contribution in [-0.2, 0) is 23.3 Å². The molecule has 2 amide bonds. The molecule has 0 bridgehead atoms. The molecule has 14 nitrogen and oxygen atoms in total. The topological polar surface area (TPSA) is 179 Å². The average Bonchev–Trinajstić information content (AvgIpc) is 3.66. The van der Waals surface area contributed by atoms with Crippen LogP contribution in [0.15, 0.2) is 79.4 Å². The molecule has 0 spiro atoms. The van der Waals surface area contributed by atoms with Gasteiger partial charge in [-0.2, -0.15) is 0 Å². The van der Waals surface area contributed by atoms with E-state index >= 15 is 0 Å². The number of phosphoric acid groups is 1. The van der Waals surface area contributed by atoms with E-state index in [1.165, 1.54) is 12.7 Å². The lowest BCUT2D eigenvalue weighted by molar-refractivity contribution is -0.132. The van der Waals surface area contributed by atoms with E-state index in [0.717, 1.165) is 5.56 Å². The number of ether oxygens (including phenoxy) is 3. The number of nitrogens with one attached hydrogen (secondary N) is 2. The van der Waals surface area contributed by atoms with Gasteiger partial charge in [0.2, 0.25) is 0 Å². The maximum atomic E-state index is 12.6. The van der Waals surface area contributed by atoms with Crippen LogP contribution < -0.4 is 10.6 Å². The normalized spacial score (nSPS) is 24.1. The fourth-order valence-electron chi connectivity index (χ4n) is 4.65. The summed E-state index contributed by atoms with van der Waals surface area (Å²) in [6, 6.07) is 18.0. The lowest BCUT2D eigenvalue weighted by Gasteiger charge is -2.20. The van der Waals surface area contributed by atoms with Crippen molar-refractivity contribution in [3.05, 3.63) is 85.0 Å². The number of carbonyl (C=O) groups excluding carboxylic acids is 1. The summed E-state index contributed by atoms with van der Waals surface area (Å²) >= 11 is 0. The Morgan fingerprint density at radius 1 is 0.976 bits per heavy atom. The summed E-state index contributed by atoms with van der Waals surface area (Å²) in [5, 5.41) is 5.40. The van der Waals surface area contributed by atoms with Gasteiger partial charge in [0, 0.05) is 5.69 Å². The number of amides is 2. The fraction of sp³-hybridized carbons (Fsp3) is 0.231. The number of para-hydroxylation sites is 1. The number of urea groups is 1. The van der Waals surface area contributed by atoms with E-state index < -0.39 is 51.3 Å². The quantitative estimate of drug-likeness (QED) is 0.225. The Hall–Kier alpha value is -4.01. The van der Waals surface area contributed by atoms with E-state index in [9.17, 15) is 19.1 Å². The lowest BCUT2D eigenvalue weighted by Crippen LogP contribution is -2.31. The number of nitrogens with zero attached hydrogens (tertiary/aromatic N) is 4. The monoisotopic (exact) mass is 580 g/mol. The van der Waals surface area contributed by atoms with E-state index in [2.05, 4.69) is 25.6 Å². The Morgan fingerprint density at radius 3 is 2.46 bits per heavy atom. The number of rotatable bonds is 8. The number of anilines is 2. The first kappa shape index (κ1) is 27.2. The van der Waals surface area contributed by atoms with Crippen LogP contribution in [0.3, 0.4) is 0 Å². The molecule has 0 radical (unpaired) electrons. The molecule has 2 aliphatic heterocycles. The Balaban J connectivity index is 1.24. The van der Waals surface area contributed by atoms with E-state index in [-0.39, 0.29) is 5.82 Å². The smallest absolute Gasteiger partial charge is 0.347 e. The minimum atomic E-state index is -4.76. The van der Waals surface area contributed by atoms with Crippen molar-refractivity contribution in [2.75, 3.05) is 17.2 Å². The van der Waals surface area contributed by atoms with Crippen LogP contribution in [0, 0.1) is 0 Å². The second kappa shape index (κ2) is 11.5. The van der Waals surface area contributed by atoms with Gasteiger partial charge in [-0.15, -0.1) is 0 Å². The van der Waals surface area contributed by atoms with Crippen LogP contribution in [0.25, 0.3) is 17.2 Å². The molecule has 2 aromatic heterocycles. The van der Waals surface area contributed by atoms with Crippen LogP contribution in [0.5, 0.6) is 0 Å². The molecule has 2 fully saturated rings. The second-order valence-corrected chi connectivity index (χ2v) is 10.4. The van der Waals surface area contributed by atoms with Crippen molar-refractivity contribution in [3.63, 3.8) is 0 Å². The second-order valence-electron chi connectivity index (χ2n) is 9.18. The van der Waals surface area contributed by atoms with E-state index in [1.807, 2.05) is 42.5 Å². The Bertz CT molecular complexity index is 1600. The molecule has 4 N–H and O–H groups in total. The number of phosphoric ester groups is 1. The van der Waals surface area contributed by atoms with Gasteiger partial charge in [-0.25, -0.2) is 24.3 Å². The summed E-state index contributed by atoms with van der Waals surface area (Å²) in [6.45, 7) is -0.436. The summed E-state index contributed by atoms with van der Waals surface area (Å²) in [5.41, 5.74) is 2.18. The molecule has 4 aromatic rings. The Kier molecular flexibility index (Phi) is 7.60. The highest BCUT2D eigenvalue weighted by Gasteiger charge is 2.53. The third kappa shape index (κ3) is 6.19. The highest BCUT2D eigenvalue weighted by atomic mass is 31.2. The molecule has 2 aliphatic rings. The van der Waals surface area contributed by atoms with Crippen molar-refractivity contribution >= 4 is 42.6 Å². The van der Waals surface area contributed by atoms with Crippen molar-refractivity contribution < 1.29 is 37.9 Å². The molecule has 5 atom stereocenters. The largest absolute Gasteiger partial charge is 0.469 e. The molecule has 212 valence electrons. The van der Waals surface area contributed by atoms with Gasteiger partial charge in [0.25, 0.3) is 0 Å². The molecular weight excluding hydrogens is 555 g/mol. The summed E-state index contributed by atoms with van der Waals surface area (Å²) in [4.78, 5) is 43.9. The Labute approximate surface area is 233 Å². The third-order valence-corrected chi connectivity index (χ3v) is 6.90. The van der Waals surface area contributed by atoms with Gasteiger partial charge in [-0.05, 0) is 23.8 Å². The molecule has 4 heterocycles. The van der Waals surface area contributed by atoms with Gasteiger partial charge in [-0.3, -0.25) is 14.4 Å². The Morgan fingerprint density at radius 2 is 1.71 bits per heavy atom. The minimum Gasteiger partial charge on any atom is -0.347 e. The van der Waals surface area contributed by atoms with Crippen molar-refractivity contribution in [3.8, 4) is 0 Å². The summed E-state index contributed by atoms with van der Waals surface area (Å²) in [7, 11) is -4.76. The maximum absolute atomic E-state index is 12.6. The SMILES string of the molecule is O=C(Nc1ccccc1)Nc1ncnc2c1ncn2[C@@H]1O[C@H](COP(=O)(O)O)[C@@H]2OC(C=Cc3ccccc3)OC21. The molecule has 6 rings (SSSR count). The molecule has 0 aliphatic carbocycles. The fourth-order valence-corrected chi connectivity index (χ4v) is 4.99. The van der Waals surface area contributed by atoms with Crippen LogP contribution in [0.4, 0.5) is 16.3 Å². The zero-order chi connectivity index (χ0) is 28.4. The highest BCUT2D eigenvalue weighted by molar-refractivity contribution is 7.46. The standard InChI is InChI=1S/C26H25N6O8P/c33-26(30-17-9-5-2-6-10-17)31-23-20-24(28-14-27-23)32(15-29-20)25-22-21(18(38-25)13-37-41(34,35)36)39-19(40-22)12-11-16-7-3-1-4-8-16/h1-12,14-15,18-19,21-22,25H,13H2,(H2,34,35,36)(H2,27,28,30,31,33)/t18-,19?,21+,22?,25-/m1/s1. The van der Waals surface area contributed by atoms with Gasteiger partial charge in [0.15, 0.2) is 29.5 Å². The number of hydrogen-bond acceptors (Lipinski definition) is 9. The van der Waals surface area contributed by atoms with E-state index in [1.54, 1.807) is 34.9 Å². The van der Waals surface area contributed by atoms with Gasteiger partial charge in [-0.1, -0.05) is 54.6 Å². The van der Waals surface area contributed by atoms with Crippen LogP contribution in [0.2, 0.25) is 0 Å². The first-order valence-electron chi connectivity index (χ1n) is 12.5. The molecular formula is C26H25N6O8P. The van der Waals surface area contributed by atoms with Gasteiger partial charge >= 0.3 is 13.9 Å². The number of carbonyl (C=O) groups is 1. The first-order chi connectivity index (χ1) is 19.8. The molecule has 0 saturated carbocycles. The molecule has 2 aromatic carbocycles. The van der Waals surface area contributed by atoms with Gasteiger partial charge in [0.05, 0.1) is 12.9 Å². The molecule has 2 unspecified atom stereocenters. The number of benzene rings is 2. The van der Waals surface area contributed by atoms with Crippen molar-refractivity contribution in [1.29, 1.82) is 0 Å². The zero-order valence-electron chi connectivity index (χ0n) is 21.3. The van der Waals surface area contributed by atoms with Crippen LogP contribution in [-0.4, -0.2) is 66.5 Å². The van der Waals surface area contributed by atoms with Crippen molar-refractivity contribution in [2.24, 2.45) is 0 Å². The highest BCUT2D eigenvalue weighted by Crippen LogP contribution is 2.43. The van der Waals surface area contributed by atoms with E-state index in [4.69, 9.17) is 18.7 Å². The van der Waals surface area contributed by atoms with Crippen molar-refractivity contribution in [1.82, 2.24) is 19.5 Å². The number of aromatic nitrogens is 4. The molecule has 2 saturated heterocycles. The van der Waals surface area contributed by atoms with Crippen molar-refractivity contribution in [2.45, 2.75) is 30.8 Å². The van der Waals surface area contributed by atoms with E-state index in [0.29, 0.717) is 16.9 Å². The van der Waals surface area contributed by atoms with Gasteiger partial charge in [0.1, 0.15) is 24.6 Å². The van der Waals surface area contributed by atoms with Gasteiger partial charge < -0.3 is 29.3 Å². The minimum absolute atomic E-state index is 0.172. The average molecular weight is 580 g/mol. The summed E-state index contributed by atoms with van der Waals surface area (Å²) in [6.07, 6.45) is 2.45. The van der Waals surface area contributed by atoms with Crippen LogP contribution in [0.1, 0.15) is 11.8 Å². The summed E-state index contributed by atoms with van der Waals surface area (Å²) in [5.74, 6) is 0.172. The predicted molar refractivity (Wildman–Crippen MR) is 145 cm³/mol. The molecule has 15 heteroatoms. The number of fused-ring (bicyclic) bond motifs is 2. The number of hydrogen-bond donors (Lipinski definition) is 4. The predicted octanol–water partition coefficient (Wildman–Crippen LogP) is 3.30. The van der Waals surface area contributed by atoms with Crippen LogP contribution >= 0.6 is 7.82 Å².